The van der Waals surface area contributed by atoms with Crippen LogP contribution in [0.2, 0.25) is 0 Å². The molecule has 1 aromatic carbocycles. The quantitative estimate of drug-likeness (QED) is 0.749. The molecule has 0 aliphatic heterocycles. The van der Waals surface area contributed by atoms with Crippen LogP contribution in [-0.4, -0.2) is 0 Å². The predicted octanol–water partition coefficient (Wildman–Crippen LogP) is 2.57. The third-order valence-electron chi connectivity index (χ3n) is 3.04. The van der Waals surface area contributed by atoms with Crippen molar-refractivity contribution in [2.75, 3.05) is 0 Å². The lowest BCUT2D eigenvalue weighted by atomic mass is 9.96. The van der Waals surface area contributed by atoms with Gasteiger partial charge < -0.3 is 8.83 Å². The van der Waals surface area contributed by atoms with Crippen molar-refractivity contribution in [3.05, 3.63) is 44.1 Å². The van der Waals surface area contributed by atoms with Gasteiger partial charge in [0.25, 0.3) is 0 Å². The summed E-state index contributed by atoms with van der Waals surface area (Å²) in [6, 6.07) is 3.78. The minimum absolute atomic E-state index is 0.244. The average Bonchev–Trinajstić information content (AvgIpc) is 2.31. The van der Waals surface area contributed by atoms with Crippen molar-refractivity contribution in [1.29, 1.82) is 0 Å². The number of aryl methyl sites for hydroxylation is 1. The summed E-state index contributed by atoms with van der Waals surface area (Å²) in [6.07, 6.45) is 0.918. The lowest BCUT2D eigenvalue weighted by molar-refractivity contribution is 0.444. The first-order chi connectivity index (χ1) is 8.04. The Bertz CT molecular complexity index is 663. The van der Waals surface area contributed by atoms with Crippen molar-refractivity contribution in [1.82, 2.24) is 0 Å². The molecule has 1 aromatic heterocycles. The molecule has 1 heterocycles. The van der Waals surface area contributed by atoms with Crippen LogP contribution >= 0.6 is 0 Å². The van der Waals surface area contributed by atoms with E-state index in [0.717, 1.165) is 17.5 Å². The summed E-state index contributed by atoms with van der Waals surface area (Å²) in [7, 11) is 0. The molecule has 0 saturated heterocycles. The molecule has 0 saturated carbocycles. The summed E-state index contributed by atoms with van der Waals surface area (Å²) < 4.78 is 10.1. The van der Waals surface area contributed by atoms with Crippen molar-refractivity contribution in [2.45, 2.75) is 33.1 Å². The van der Waals surface area contributed by atoms with E-state index >= 15 is 0 Å². The Hall–Kier alpha value is -1.84. The van der Waals surface area contributed by atoms with Crippen molar-refractivity contribution in [2.24, 2.45) is 0 Å². The van der Waals surface area contributed by atoms with Crippen molar-refractivity contribution in [3.8, 4) is 0 Å². The lowest BCUT2D eigenvalue weighted by Crippen LogP contribution is -2.21. The fraction of sp³-hybridized carbons (Fsp3) is 0.385. The Kier molecular flexibility index (Phi) is 2.88. The van der Waals surface area contributed by atoms with Gasteiger partial charge in [-0.15, -0.1) is 0 Å². The smallest absolute Gasteiger partial charge is 0.414 e. The summed E-state index contributed by atoms with van der Waals surface area (Å²) in [6.45, 7) is 5.90. The Labute approximate surface area is 97.9 Å². The second-order valence-electron chi connectivity index (χ2n) is 4.22. The molecular formula is C13H14O4. The summed E-state index contributed by atoms with van der Waals surface area (Å²) >= 11 is 0. The van der Waals surface area contributed by atoms with E-state index in [-0.39, 0.29) is 5.92 Å². The minimum atomic E-state index is -0.957. The van der Waals surface area contributed by atoms with Gasteiger partial charge in [0.05, 0.1) is 0 Å². The molecule has 0 aliphatic carbocycles. The number of hydrogen-bond acceptors (Lipinski definition) is 4. The van der Waals surface area contributed by atoms with E-state index in [1.54, 1.807) is 0 Å². The Morgan fingerprint density at radius 2 is 1.71 bits per heavy atom. The fourth-order valence-electron chi connectivity index (χ4n) is 1.79. The third kappa shape index (κ3) is 1.90. The largest absolute Gasteiger partial charge is 0.423 e. The molecule has 2 aromatic rings. The summed E-state index contributed by atoms with van der Waals surface area (Å²) in [4.78, 5) is 22.4. The molecule has 90 valence electrons. The molecule has 0 spiro atoms. The highest BCUT2D eigenvalue weighted by Gasteiger charge is 2.15. The van der Waals surface area contributed by atoms with E-state index in [2.05, 4.69) is 0 Å². The zero-order chi connectivity index (χ0) is 12.6. The highest BCUT2D eigenvalue weighted by atomic mass is 16.5. The van der Waals surface area contributed by atoms with E-state index in [4.69, 9.17) is 8.83 Å². The Balaban J connectivity index is 2.89. The van der Waals surface area contributed by atoms with Crippen LogP contribution in [0, 0.1) is 6.92 Å². The maximum absolute atomic E-state index is 11.2. The molecule has 0 radical (unpaired) electrons. The molecule has 4 heteroatoms. The van der Waals surface area contributed by atoms with Gasteiger partial charge in [-0.3, -0.25) is 0 Å². The van der Waals surface area contributed by atoms with Crippen LogP contribution in [0.1, 0.15) is 37.3 Å². The van der Waals surface area contributed by atoms with Gasteiger partial charge in [-0.25, -0.2) is 9.59 Å². The molecule has 0 fully saturated rings. The monoisotopic (exact) mass is 234 g/mol. The van der Waals surface area contributed by atoms with Crippen LogP contribution in [0.5, 0.6) is 0 Å². The van der Waals surface area contributed by atoms with Crippen LogP contribution < -0.4 is 11.3 Å². The predicted molar refractivity (Wildman–Crippen MR) is 64.5 cm³/mol. The summed E-state index contributed by atoms with van der Waals surface area (Å²) in [5.74, 6) is 0.244. The molecule has 0 N–H and O–H groups in total. The zero-order valence-electron chi connectivity index (χ0n) is 10.1. The molecule has 0 bridgehead atoms. The first-order valence-electron chi connectivity index (χ1n) is 5.62. The minimum Gasteiger partial charge on any atom is -0.414 e. The maximum atomic E-state index is 11.2. The van der Waals surface area contributed by atoms with Gasteiger partial charge in [0.1, 0.15) is 0 Å². The Morgan fingerprint density at radius 1 is 1.12 bits per heavy atom. The molecule has 4 nitrogen and oxygen atoms in total. The fourth-order valence-corrected chi connectivity index (χ4v) is 1.79. The molecule has 0 amide bonds. The van der Waals surface area contributed by atoms with Crippen LogP contribution in [0.25, 0.3) is 11.2 Å². The normalized spacial score (nSPS) is 12.9. The number of rotatable bonds is 2. The van der Waals surface area contributed by atoms with Gasteiger partial charge >= 0.3 is 11.3 Å². The van der Waals surface area contributed by atoms with Crippen molar-refractivity contribution >= 4 is 11.2 Å². The molecule has 2 rings (SSSR count). The lowest BCUT2D eigenvalue weighted by Gasteiger charge is -2.11. The number of hydrogen-bond donors (Lipinski definition) is 0. The van der Waals surface area contributed by atoms with Gasteiger partial charge in [0.15, 0.2) is 11.2 Å². The number of benzene rings is 1. The first kappa shape index (κ1) is 11.6. The molecular weight excluding hydrogens is 220 g/mol. The van der Waals surface area contributed by atoms with Crippen LogP contribution in [-0.2, 0) is 0 Å². The SMILES string of the molecule is CCC(C)c1ccc(C)c2oc(=O)c(=O)oc12. The first-order valence-corrected chi connectivity index (χ1v) is 5.62. The molecule has 17 heavy (non-hydrogen) atoms. The maximum Gasteiger partial charge on any atom is 0.423 e. The summed E-state index contributed by atoms with van der Waals surface area (Å²) in [5.41, 5.74) is 0.535. The van der Waals surface area contributed by atoms with E-state index < -0.39 is 11.3 Å². The van der Waals surface area contributed by atoms with Crippen LogP contribution in [0.4, 0.5) is 0 Å². The second kappa shape index (κ2) is 4.20. The van der Waals surface area contributed by atoms with E-state index in [1.807, 2.05) is 32.9 Å². The molecule has 1 unspecified atom stereocenters. The van der Waals surface area contributed by atoms with Gasteiger partial charge in [0, 0.05) is 5.56 Å². The topological polar surface area (TPSA) is 60.4 Å². The zero-order valence-corrected chi connectivity index (χ0v) is 10.1. The highest BCUT2D eigenvalue weighted by molar-refractivity contribution is 5.77. The summed E-state index contributed by atoms with van der Waals surface area (Å²) in [5, 5.41) is 0. The number of fused-ring (bicyclic) bond motifs is 1. The Morgan fingerprint density at radius 3 is 2.29 bits per heavy atom. The van der Waals surface area contributed by atoms with E-state index in [0.29, 0.717) is 11.2 Å². The highest BCUT2D eigenvalue weighted by Crippen LogP contribution is 2.27. The average molecular weight is 234 g/mol. The molecule has 0 aliphatic rings. The van der Waals surface area contributed by atoms with E-state index in [1.165, 1.54) is 0 Å². The van der Waals surface area contributed by atoms with Crippen LogP contribution in [0.15, 0.2) is 30.6 Å². The van der Waals surface area contributed by atoms with Gasteiger partial charge in [-0.2, -0.15) is 0 Å². The standard InChI is InChI=1S/C13H14O4/c1-4-7(2)9-6-5-8(3)10-11(9)17-13(15)12(14)16-10/h5-7H,4H2,1-3H3. The van der Waals surface area contributed by atoms with Gasteiger partial charge in [-0.1, -0.05) is 26.0 Å². The van der Waals surface area contributed by atoms with E-state index in [9.17, 15) is 9.59 Å². The second-order valence-corrected chi connectivity index (χ2v) is 4.22. The van der Waals surface area contributed by atoms with Gasteiger partial charge in [-0.05, 0) is 24.8 Å². The third-order valence-corrected chi connectivity index (χ3v) is 3.04. The van der Waals surface area contributed by atoms with Crippen molar-refractivity contribution in [3.63, 3.8) is 0 Å². The van der Waals surface area contributed by atoms with Crippen molar-refractivity contribution < 1.29 is 8.83 Å². The van der Waals surface area contributed by atoms with Gasteiger partial charge in [0.2, 0.25) is 0 Å². The van der Waals surface area contributed by atoms with Crippen LogP contribution in [0.3, 0.4) is 0 Å². The molecule has 1 atom stereocenters.